The number of ether oxygens (including phenoxy) is 1. The van der Waals surface area contributed by atoms with Crippen LogP contribution in [-0.4, -0.2) is 36.5 Å². The Kier molecular flexibility index (Phi) is 7.20. The van der Waals surface area contributed by atoms with Gasteiger partial charge in [-0.15, -0.1) is 0 Å². The van der Waals surface area contributed by atoms with Crippen LogP contribution < -0.4 is 0 Å². The minimum absolute atomic E-state index is 0.0300. The number of nitrogens with zero attached hydrogens (tertiary/aromatic N) is 1. The summed E-state index contributed by atoms with van der Waals surface area (Å²) in [5.41, 5.74) is 1.49. The monoisotopic (exact) mass is 393 g/mol. The summed E-state index contributed by atoms with van der Waals surface area (Å²) in [7, 11) is 0. The molecule has 0 bridgehead atoms. The molecule has 0 atom stereocenters. The van der Waals surface area contributed by atoms with Crippen LogP contribution >= 0.6 is 0 Å². The predicted molar refractivity (Wildman–Crippen MR) is 100 cm³/mol. The second-order valence-corrected chi connectivity index (χ2v) is 6.21. The molecule has 7 heteroatoms. The molecule has 1 heterocycles. The maximum atomic E-state index is 12.8. The van der Waals surface area contributed by atoms with Gasteiger partial charge in [0.2, 0.25) is 5.91 Å². The molecule has 0 unspecified atom stereocenters. The number of carbonyl (C=O) groups is 2. The highest BCUT2D eigenvalue weighted by Gasteiger charge is 2.30. The lowest BCUT2D eigenvalue weighted by Crippen LogP contribution is -2.33. The highest BCUT2D eigenvalue weighted by atomic mass is 19.4. The first-order chi connectivity index (χ1) is 13.2. The molecule has 0 saturated heterocycles. The van der Waals surface area contributed by atoms with Crippen molar-refractivity contribution in [1.29, 1.82) is 0 Å². The summed E-state index contributed by atoms with van der Waals surface area (Å²) in [6.07, 6.45) is 2.50. The Morgan fingerprint density at radius 2 is 1.89 bits per heavy atom. The van der Waals surface area contributed by atoms with Gasteiger partial charge in [-0.1, -0.05) is 30.4 Å². The Morgan fingerprint density at radius 1 is 1.21 bits per heavy atom. The van der Waals surface area contributed by atoms with Crippen molar-refractivity contribution in [3.8, 4) is 0 Å². The van der Waals surface area contributed by atoms with Gasteiger partial charge >= 0.3 is 12.1 Å². The molecule has 0 aliphatic carbocycles. The van der Waals surface area contributed by atoms with E-state index in [1.54, 1.807) is 17.9 Å². The lowest BCUT2D eigenvalue weighted by atomic mass is 9.92. The average Bonchev–Trinajstić information content (AvgIpc) is 2.65. The van der Waals surface area contributed by atoms with Crippen molar-refractivity contribution in [2.45, 2.75) is 26.4 Å². The third kappa shape index (κ3) is 5.84. The number of hydrogen-bond acceptors (Lipinski definition) is 3. The number of alkyl halides is 3. The Hall–Kier alpha value is -2.83. The van der Waals surface area contributed by atoms with Crippen LogP contribution in [0.1, 0.15) is 31.4 Å². The zero-order chi connectivity index (χ0) is 20.7. The third-order valence-electron chi connectivity index (χ3n) is 4.31. The zero-order valence-electron chi connectivity index (χ0n) is 15.8. The van der Waals surface area contributed by atoms with Crippen molar-refractivity contribution in [1.82, 2.24) is 4.90 Å². The fourth-order valence-electron chi connectivity index (χ4n) is 2.84. The minimum atomic E-state index is -4.40. The van der Waals surface area contributed by atoms with Gasteiger partial charge in [-0.2, -0.15) is 13.2 Å². The lowest BCUT2D eigenvalue weighted by Gasteiger charge is -2.26. The van der Waals surface area contributed by atoms with E-state index in [0.717, 1.165) is 17.7 Å². The smallest absolute Gasteiger partial charge is 0.416 e. The van der Waals surface area contributed by atoms with E-state index in [-0.39, 0.29) is 12.5 Å². The maximum Gasteiger partial charge on any atom is 0.416 e. The van der Waals surface area contributed by atoms with E-state index in [2.05, 4.69) is 0 Å². The zero-order valence-corrected chi connectivity index (χ0v) is 15.8. The molecule has 0 spiro atoms. The Bertz CT molecular complexity index is 805. The molecule has 2 rings (SSSR count). The number of benzene rings is 1. The second kappa shape index (κ2) is 9.39. The number of amides is 1. The highest BCUT2D eigenvalue weighted by Crippen LogP contribution is 2.33. The molecule has 0 saturated carbocycles. The van der Waals surface area contributed by atoms with Crippen molar-refractivity contribution in [3.63, 3.8) is 0 Å². The fraction of sp³-hybridized carbons (Fsp3) is 0.333. The first-order valence-electron chi connectivity index (χ1n) is 8.90. The molecule has 0 radical (unpaired) electrons. The van der Waals surface area contributed by atoms with Crippen LogP contribution in [0.25, 0.3) is 5.57 Å². The number of rotatable bonds is 5. The van der Waals surface area contributed by atoms with E-state index < -0.39 is 17.7 Å². The number of halogens is 3. The van der Waals surface area contributed by atoms with Crippen molar-refractivity contribution < 1.29 is 27.5 Å². The predicted octanol–water partition coefficient (Wildman–Crippen LogP) is 4.39. The van der Waals surface area contributed by atoms with Crippen LogP contribution in [0, 0.1) is 0 Å². The number of allylic oxidation sites excluding steroid dienone is 3. The summed E-state index contributed by atoms with van der Waals surface area (Å²) < 4.78 is 43.3. The molecule has 4 nitrogen and oxygen atoms in total. The van der Waals surface area contributed by atoms with E-state index >= 15 is 0 Å². The van der Waals surface area contributed by atoms with Crippen molar-refractivity contribution in [2.24, 2.45) is 0 Å². The standard InChI is InChI=1S/C21H22F3NO3/c1-3-28-20(27)6-4-5-19(17-11-13-25(14-12-17)15(2)26)16-7-9-18(10-8-16)21(22,23)24/h4-11H,3,12-14H2,1-2H3. The van der Waals surface area contributed by atoms with Crippen molar-refractivity contribution >= 4 is 17.4 Å². The quantitative estimate of drug-likeness (QED) is 0.424. The lowest BCUT2D eigenvalue weighted by molar-refractivity contribution is -0.138. The Labute approximate surface area is 162 Å². The van der Waals surface area contributed by atoms with Gasteiger partial charge in [-0.05, 0) is 42.2 Å². The minimum Gasteiger partial charge on any atom is -0.463 e. The van der Waals surface area contributed by atoms with E-state index in [9.17, 15) is 22.8 Å². The van der Waals surface area contributed by atoms with Crippen LogP contribution in [0.5, 0.6) is 0 Å². The van der Waals surface area contributed by atoms with Gasteiger partial charge in [-0.3, -0.25) is 4.79 Å². The topological polar surface area (TPSA) is 46.6 Å². The molecule has 1 aliphatic rings. The number of esters is 1. The second-order valence-electron chi connectivity index (χ2n) is 6.21. The van der Waals surface area contributed by atoms with Crippen LogP contribution in [0.3, 0.4) is 0 Å². The maximum absolute atomic E-state index is 12.8. The molecular formula is C21H22F3NO3. The summed E-state index contributed by atoms with van der Waals surface area (Å²) >= 11 is 0. The van der Waals surface area contributed by atoms with Crippen LogP contribution in [-0.2, 0) is 20.5 Å². The molecule has 1 aromatic carbocycles. The summed E-state index contributed by atoms with van der Waals surface area (Å²) in [5.74, 6) is -0.525. The van der Waals surface area contributed by atoms with Gasteiger partial charge in [0.25, 0.3) is 0 Å². The molecular weight excluding hydrogens is 371 g/mol. The van der Waals surface area contributed by atoms with Crippen LogP contribution in [0.4, 0.5) is 13.2 Å². The highest BCUT2D eigenvalue weighted by molar-refractivity contribution is 5.85. The summed E-state index contributed by atoms with van der Waals surface area (Å²) in [5, 5.41) is 0. The Morgan fingerprint density at radius 3 is 2.39 bits per heavy atom. The molecule has 150 valence electrons. The molecule has 1 amide bonds. The average molecular weight is 393 g/mol. The van der Waals surface area contributed by atoms with Crippen LogP contribution in [0.15, 0.2) is 54.1 Å². The summed E-state index contributed by atoms with van der Waals surface area (Å²) in [4.78, 5) is 24.7. The molecule has 0 N–H and O–H groups in total. The first kappa shape index (κ1) is 21.5. The molecule has 0 fully saturated rings. The number of carbonyl (C=O) groups excluding carboxylic acids is 2. The van der Waals surface area contributed by atoms with E-state index in [1.165, 1.54) is 31.2 Å². The van der Waals surface area contributed by atoms with E-state index in [0.29, 0.717) is 30.6 Å². The first-order valence-corrected chi connectivity index (χ1v) is 8.90. The van der Waals surface area contributed by atoms with E-state index in [1.807, 2.05) is 6.08 Å². The number of hydrogen-bond donors (Lipinski definition) is 0. The van der Waals surface area contributed by atoms with Crippen molar-refractivity contribution in [2.75, 3.05) is 19.7 Å². The van der Waals surface area contributed by atoms with Crippen molar-refractivity contribution in [3.05, 3.63) is 65.3 Å². The summed E-state index contributed by atoms with van der Waals surface area (Å²) in [6.45, 7) is 4.41. The largest absolute Gasteiger partial charge is 0.463 e. The van der Waals surface area contributed by atoms with Gasteiger partial charge in [0, 0.05) is 26.1 Å². The normalized spacial score (nSPS) is 15.5. The SMILES string of the molecule is CCOC(=O)C=CC=C(C1=CCN(C(C)=O)CC1)c1ccc(C(F)(F)F)cc1. The molecule has 1 aromatic rings. The van der Waals surface area contributed by atoms with Gasteiger partial charge < -0.3 is 9.64 Å². The molecule has 0 aromatic heterocycles. The third-order valence-corrected chi connectivity index (χ3v) is 4.31. The molecule has 1 aliphatic heterocycles. The van der Waals surface area contributed by atoms with E-state index in [4.69, 9.17) is 4.74 Å². The fourth-order valence-corrected chi connectivity index (χ4v) is 2.84. The molecule has 28 heavy (non-hydrogen) atoms. The van der Waals surface area contributed by atoms with Gasteiger partial charge in [0.05, 0.1) is 12.2 Å². The van der Waals surface area contributed by atoms with Gasteiger partial charge in [0.15, 0.2) is 0 Å². The van der Waals surface area contributed by atoms with Gasteiger partial charge in [0.1, 0.15) is 0 Å². The Balaban J connectivity index is 2.34. The van der Waals surface area contributed by atoms with Gasteiger partial charge in [-0.25, -0.2) is 4.79 Å². The summed E-state index contributed by atoms with van der Waals surface area (Å²) in [6, 6.07) is 4.88. The van der Waals surface area contributed by atoms with Crippen LogP contribution in [0.2, 0.25) is 0 Å².